The van der Waals surface area contributed by atoms with Gasteiger partial charge >= 0.3 is 0 Å². The summed E-state index contributed by atoms with van der Waals surface area (Å²) in [6.45, 7) is 6.59. The molecule has 0 aliphatic rings. The fourth-order valence-corrected chi connectivity index (χ4v) is 4.09. The first kappa shape index (κ1) is 23.2. The van der Waals surface area contributed by atoms with Crippen LogP contribution < -0.4 is 15.6 Å². The van der Waals surface area contributed by atoms with Crippen molar-refractivity contribution in [1.82, 2.24) is 24.9 Å². The van der Waals surface area contributed by atoms with Gasteiger partial charge in [0.2, 0.25) is 5.91 Å². The van der Waals surface area contributed by atoms with E-state index in [2.05, 4.69) is 15.5 Å². The van der Waals surface area contributed by atoms with Gasteiger partial charge in [0.15, 0.2) is 5.52 Å². The van der Waals surface area contributed by atoms with Gasteiger partial charge in [-0.05, 0) is 45.4 Å². The molecule has 0 spiro atoms. The second-order valence-corrected chi connectivity index (χ2v) is 8.36. The molecule has 34 heavy (non-hydrogen) atoms. The molecule has 0 saturated carbocycles. The number of rotatable bonds is 8. The van der Waals surface area contributed by atoms with Gasteiger partial charge in [0.25, 0.3) is 5.56 Å². The third kappa shape index (κ3) is 4.71. The number of ether oxygens (including phenoxy) is 1. The number of carbonyl (C=O) groups is 1. The number of carbonyl (C=O) groups excluding carboxylic acids is 1. The number of benzene rings is 2. The zero-order valence-corrected chi connectivity index (χ0v) is 20.0. The van der Waals surface area contributed by atoms with Crippen LogP contribution in [0.15, 0.2) is 53.3 Å². The second-order valence-electron chi connectivity index (χ2n) is 8.36. The van der Waals surface area contributed by atoms with E-state index in [0.717, 1.165) is 39.3 Å². The average molecular weight is 460 g/mol. The van der Waals surface area contributed by atoms with Gasteiger partial charge in [-0.2, -0.15) is 10.2 Å². The van der Waals surface area contributed by atoms with Gasteiger partial charge in [0, 0.05) is 25.1 Å². The van der Waals surface area contributed by atoms with E-state index in [1.165, 1.54) is 4.68 Å². The summed E-state index contributed by atoms with van der Waals surface area (Å²) >= 11 is 0. The van der Waals surface area contributed by atoms with E-state index in [1.54, 1.807) is 11.8 Å². The lowest BCUT2D eigenvalue weighted by molar-refractivity contribution is -0.121. The molecule has 8 heteroatoms. The third-order valence-corrected chi connectivity index (χ3v) is 5.91. The highest BCUT2D eigenvalue weighted by Gasteiger charge is 2.17. The third-order valence-electron chi connectivity index (χ3n) is 5.91. The number of methoxy groups -OCH3 is 1. The van der Waals surface area contributed by atoms with Gasteiger partial charge in [-0.15, -0.1) is 0 Å². The van der Waals surface area contributed by atoms with Crippen LogP contribution in [0.25, 0.3) is 16.6 Å². The fourth-order valence-electron chi connectivity index (χ4n) is 4.09. The molecular formula is C26H29N5O3. The molecule has 0 unspecified atom stereocenters. The van der Waals surface area contributed by atoms with Crippen LogP contribution in [0.1, 0.15) is 35.4 Å². The highest BCUT2D eigenvalue weighted by atomic mass is 16.5. The molecule has 0 saturated heterocycles. The Bertz CT molecular complexity index is 1390. The van der Waals surface area contributed by atoms with Crippen molar-refractivity contribution < 1.29 is 9.53 Å². The van der Waals surface area contributed by atoms with E-state index in [1.807, 2.05) is 69.3 Å². The van der Waals surface area contributed by atoms with E-state index in [4.69, 9.17) is 4.74 Å². The van der Waals surface area contributed by atoms with E-state index in [0.29, 0.717) is 25.0 Å². The molecule has 2 aromatic carbocycles. The standard InChI is InChI=1S/C26H29N5O3/c1-17-11-13-21(14-12-17)31-19(3)24-18(2)28-30(26(33)25(24)29-31)15-7-10-23(32)27-16-20-8-5-6-9-22(20)34-4/h5-6,8-9,11-14H,7,10,15-16H2,1-4H3,(H,27,32). The number of nitrogens with zero attached hydrogens (tertiary/aromatic N) is 4. The van der Waals surface area contributed by atoms with E-state index >= 15 is 0 Å². The fraction of sp³-hybridized carbons (Fsp3) is 0.308. The van der Waals surface area contributed by atoms with Crippen LogP contribution >= 0.6 is 0 Å². The molecule has 2 heterocycles. The highest BCUT2D eigenvalue weighted by Crippen LogP contribution is 2.21. The summed E-state index contributed by atoms with van der Waals surface area (Å²) in [6.07, 6.45) is 0.782. The summed E-state index contributed by atoms with van der Waals surface area (Å²) in [5, 5.41) is 12.8. The molecule has 0 fully saturated rings. The average Bonchev–Trinajstić information content (AvgIpc) is 3.19. The van der Waals surface area contributed by atoms with Crippen molar-refractivity contribution in [2.45, 2.75) is 46.7 Å². The Labute approximate surface area is 198 Å². The smallest absolute Gasteiger partial charge is 0.295 e. The molecule has 0 atom stereocenters. The van der Waals surface area contributed by atoms with Crippen LogP contribution in [0, 0.1) is 20.8 Å². The topological polar surface area (TPSA) is 91.0 Å². The molecule has 1 N–H and O–H groups in total. The minimum atomic E-state index is -0.246. The lowest BCUT2D eigenvalue weighted by Crippen LogP contribution is -2.26. The quantitative estimate of drug-likeness (QED) is 0.435. The minimum Gasteiger partial charge on any atom is -0.496 e. The van der Waals surface area contributed by atoms with Gasteiger partial charge in [0.05, 0.1) is 29.6 Å². The van der Waals surface area contributed by atoms with Gasteiger partial charge in [-0.1, -0.05) is 35.9 Å². The van der Waals surface area contributed by atoms with Crippen molar-refractivity contribution in [2.24, 2.45) is 0 Å². The predicted octanol–water partition coefficient (Wildman–Crippen LogP) is 3.61. The summed E-state index contributed by atoms with van der Waals surface area (Å²) in [7, 11) is 1.61. The Balaban J connectivity index is 1.45. The van der Waals surface area contributed by atoms with Crippen LogP contribution in [-0.4, -0.2) is 32.6 Å². The molecular weight excluding hydrogens is 430 g/mol. The summed E-state index contributed by atoms with van der Waals surface area (Å²) in [5.74, 6) is 0.652. The Morgan fingerprint density at radius 1 is 1.03 bits per heavy atom. The molecule has 2 aromatic heterocycles. The molecule has 0 aliphatic heterocycles. The van der Waals surface area contributed by atoms with Gasteiger partial charge in [-0.3, -0.25) is 9.59 Å². The Hall–Kier alpha value is -3.94. The maximum Gasteiger partial charge on any atom is 0.295 e. The first-order valence-electron chi connectivity index (χ1n) is 11.3. The van der Waals surface area contributed by atoms with Gasteiger partial charge < -0.3 is 10.1 Å². The molecule has 8 nitrogen and oxygen atoms in total. The molecule has 4 aromatic rings. The van der Waals surface area contributed by atoms with Crippen LogP contribution in [0.4, 0.5) is 0 Å². The molecule has 176 valence electrons. The van der Waals surface area contributed by atoms with Crippen LogP contribution in [-0.2, 0) is 17.9 Å². The SMILES string of the molecule is COc1ccccc1CNC(=O)CCCn1nc(C)c2c(C)n(-c3ccc(C)cc3)nc2c1=O. The largest absolute Gasteiger partial charge is 0.496 e. The van der Waals surface area contributed by atoms with Crippen molar-refractivity contribution in [1.29, 1.82) is 0 Å². The Morgan fingerprint density at radius 2 is 1.76 bits per heavy atom. The number of aryl methyl sites for hydroxylation is 4. The monoisotopic (exact) mass is 459 g/mol. The number of para-hydroxylation sites is 1. The maximum absolute atomic E-state index is 13.1. The number of hydrogen-bond acceptors (Lipinski definition) is 5. The van der Waals surface area contributed by atoms with Crippen molar-refractivity contribution in [3.8, 4) is 11.4 Å². The zero-order valence-electron chi connectivity index (χ0n) is 20.0. The lowest BCUT2D eigenvalue weighted by Gasteiger charge is -2.10. The van der Waals surface area contributed by atoms with E-state index < -0.39 is 0 Å². The summed E-state index contributed by atoms with van der Waals surface area (Å²) in [4.78, 5) is 25.4. The van der Waals surface area contributed by atoms with E-state index in [-0.39, 0.29) is 17.9 Å². The van der Waals surface area contributed by atoms with Crippen molar-refractivity contribution in [3.05, 3.63) is 81.4 Å². The van der Waals surface area contributed by atoms with Crippen LogP contribution in [0.5, 0.6) is 5.75 Å². The molecule has 0 aliphatic carbocycles. The first-order chi connectivity index (χ1) is 16.4. The number of nitrogens with one attached hydrogen (secondary N) is 1. The summed E-state index contributed by atoms with van der Waals surface area (Å²) < 4.78 is 8.52. The zero-order chi connectivity index (χ0) is 24.2. The lowest BCUT2D eigenvalue weighted by atomic mass is 10.2. The molecule has 0 radical (unpaired) electrons. The normalized spacial score (nSPS) is 11.1. The van der Waals surface area contributed by atoms with E-state index in [9.17, 15) is 9.59 Å². The van der Waals surface area contributed by atoms with Gasteiger partial charge in [-0.25, -0.2) is 9.36 Å². The number of hydrogen-bond donors (Lipinski definition) is 1. The van der Waals surface area contributed by atoms with Crippen LogP contribution in [0.2, 0.25) is 0 Å². The Morgan fingerprint density at radius 3 is 2.50 bits per heavy atom. The number of fused-ring (bicyclic) bond motifs is 1. The second kappa shape index (κ2) is 9.91. The Kier molecular flexibility index (Phi) is 6.77. The summed E-state index contributed by atoms with van der Waals surface area (Å²) in [5.41, 5.74) is 4.74. The predicted molar refractivity (Wildman–Crippen MR) is 131 cm³/mol. The molecule has 1 amide bonds. The molecule has 4 rings (SSSR count). The highest BCUT2D eigenvalue weighted by molar-refractivity contribution is 5.83. The molecule has 0 bridgehead atoms. The van der Waals surface area contributed by atoms with Crippen molar-refractivity contribution in [2.75, 3.05) is 7.11 Å². The van der Waals surface area contributed by atoms with Crippen LogP contribution in [0.3, 0.4) is 0 Å². The minimum absolute atomic E-state index is 0.0868. The van der Waals surface area contributed by atoms with Crippen molar-refractivity contribution >= 4 is 16.8 Å². The first-order valence-corrected chi connectivity index (χ1v) is 11.3. The maximum atomic E-state index is 13.1. The number of aromatic nitrogens is 4. The number of amides is 1. The van der Waals surface area contributed by atoms with Crippen molar-refractivity contribution in [3.63, 3.8) is 0 Å². The van der Waals surface area contributed by atoms with Gasteiger partial charge in [0.1, 0.15) is 5.75 Å². The summed E-state index contributed by atoms with van der Waals surface area (Å²) in [6, 6.07) is 15.6.